The smallest absolute Gasteiger partial charge is 0.190 e. The van der Waals surface area contributed by atoms with Crippen molar-refractivity contribution in [3.05, 3.63) is 40.4 Å². The van der Waals surface area contributed by atoms with Crippen LogP contribution in [-0.4, -0.2) is 18.6 Å². The van der Waals surface area contributed by atoms with Crippen molar-refractivity contribution in [1.82, 2.24) is 10.3 Å². The van der Waals surface area contributed by atoms with Gasteiger partial charge in [-0.15, -0.1) is 11.3 Å². The van der Waals surface area contributed by atoms with E-state index in [0.717, 1.165) is 11.7 Å². The molecule has 0 fully saturated rings. The molecule has 1 atom stereocenters. The summed E-state index contributed by atoms with van der Waals surface area (Å²) in [5.74, 6) is 0. The summed E-state index contributed by atoms with van der Waals surface area (Å²) >= 11 is 1.85. The molecule has 1 unspecified atom stereocenters. The molecular formula is C17H23N3S. The molecule has 0 radical (unpaired) electrons. The number of hydrogen-bond donors (Lipinski definition) is 1. The van der Waals surface area contributed by atoms with E-state index < -0.39 is 0 Å². The predicted octanol–water partition coefficient (Wildman–Crippen LogP) is 4.21. The summed E-state index contributed by atoms with van der Waals surface area (Å²) in [6, 6.07) is 9.04. The Morgan fingerprint density at radius 2 is 2.29 bits per heavy atom. The van der Waals surface area contributed by atoms with Crippen LogP contribution in [0.2, 0.25) is 0 Å². The van der Waals surface area contributed by atoms with E-state index in [1.807, 2.05) is 11.3 Å². The maximum atomic E-state index is 4.94. The number of rotatable bonds is 4. The van der Waals surface area contributed by atoms with Gasteiger partial charge in [-0.1, -0.05) is 19.1 Å². The van der Waals surface area contributed by atoms with Gasteiger partial charge >= 0.3 is 0 Å². The molecule has 1 aliphatic rings. The minimum absolute atomic E-state index is 0.439. The topological polar surface area (TPSA) is 28.2 Å². The molecule has 1 aromatic heterocycles. The highest BCUT2D eigenvalue weighted by molar-refractivity contribution is 7.15. The zero-order chi connectivity index (χ0) is 14.8. The third kappa shape index (κ3) is 2.97. The molecule has 0 bridgehead atoms. The van der Waals surface area contributed by atoms with E-state index in [4.69, 9.17) is 4.98 Å². The van der Waals surface area contributed by atoms with Gasteiger partial charge in [-0.2, -0.15) is 0 Å². The molecule has 1 N–H and O–H groups in total. The lowest BCUT2D eigenvalue weighted by atomic mass is 9.98. The Morgan fingerprint density at radius 1 is 1.43 bits per heavy atom. The fraction of sp³-hybridized carbons (Fsp3) is 0.471. The molecular weight excluding hydrogens is 278 g/mol. The van der Waals surface area contributed by atoms with Crippen LogP contribution in [0, 0.1) is 6.92 Å². The van der Waals surface area contributed by atoms with Gasteiger partial charge in [0.05, 0.1) is 11.7 Å². The summed E-state index contributed by atoms with van der Waals surface area (Å²) in [5.41, 5.74) is 3.77. The first kappa shape index (κ1) is 14.5. The first-order valence-electron chi connectivity index (χ1n) is 7.72. The lowest BCUT2D eigenvalue weighted by Crippen LogP contribution is -2.24. The third-order valence-corrected chi connectivity index (χ3v) is 5.28. The van der Waals surface area contributed by atoms with E-state index in [1.165, 1.54) is 41.1 Å². The van der Waals surface area contributed by atoms with Crippen LogP contribution in [0.3, 0.4) is 0 Å². The lowest BCUT2D eigenvalue weighted by Gasteiger charge is -2.21. The maximum absolute atomic E-state index is 4.94. The van der Waals surface area contributed by atoms with Crippen LogP contribution in [0.25, 0.3) is 0 Å². The van der Waals surface area contributed by atoms with Crippen molar-refractivity contribution in [3.63, 3.8) is 0 Å². The maximum Gasteiger partial charge on any atom is 0.190 e. The fourth-order valence-corrected chi connectivity index (χ4v) is 4.09. The molecule has 0 spiro atoms. The average Bonchev–Trinajstić information content (AvgIpc) is 2.92. The highest BCUT2D eigenvalue weighted by Gasteiger charge is 2.25. The number of benzene rings is 1. The van der Waals surface area contributed by atoms with Crippen molar-refractivity contribution in [3.8, 4) is 0 Å². The van der Waals surface area contributed by atoms with Crippen molar-refractivity contribution < 1.29 is 0 Å². The molecule has 2 aromatic rings. The molecule has 0 aliphatic heterocycles. The third-order valence-electron chi connectivity index (χ3n) is 4.07. The van der Waals surface area contributed by atoms with Gasteiger partial charge in [0.2, 0.25) is 0 Å². The number of nitrogens with zero attached hydrogens (tertiary/aromatic N) is 2. The fourth-order valence-electron chi connectivity index (χ4n) is 2.94. The number of anilines is 2. The number of hydrogen-bond acceptors (Lipinski definition) is 4. The van der Waals surface area contributed by atoms with Crippen molar-refractivity contribution in [2.45, 2.75) is 39.2 Å². The number of aryl methyl sites for hydroxylation is 2. The second kappa shape index (κ2) is 6.16. The molecule has 1 aliphatic carbocycles. The van der Waals surface area contributed by atoms with Gasteiger partial charge in [-0.05, 0) is 50.4 Å². The summed E-state index contributed by atoms with van der Waals surface area (Å²) in [6.07, 6.45) is 3.65. The molecule has 3 nitrogen and oxygen atoms in total. The van der Waals surface area contributed by atoms with Crippen LogP contribution in [0.15, 0.2) is 24.3 Å². The zero-order valence-corrected chi connectivity index (χ0v) is 13.8. The lowest BCUT2D eigenvalue weighted by molar-refractivity contribution is 0.465. The number of fused-ring (bicyclic) bond motifs is 1. The average molecular weight is 301 g/mol. The quantitative estimate of drug-likeness (QED) is 0.917. The van der Waals surface area contributed by atoms with Crippen LogP contribution < -0.4 is 10.2 Å². The first-order chi connectivity index (χ1) is 10.2. The minimum Gasteiger partial charge on any atom is -0.321 e. The molecule has 21 heavy (non-hydrogen) atoms. The molecule has 0 amide bonds. The molecule has 3 rings (SSSR count). The Hall–Kier alpha value is -1.39. The second-order valence-corrected chi connectivity index (χ2v) is 6.77. The predicted molar refractivity (Wildman–Crippen MR) is 90.7 cm³/mol. The van der Waals surface area contributed by atoms with E-state index >= 15 is 0 Å². The summed E-state index contributed by atoms with van der Waals surface area (Å²) < 4.78 is 0. The van der Waals surface area contributed by atoms with Gasteiger partial charge in [0, 0.05) is 17.6 Å². The van der Waals surface area contributed by atoms with Crippen molar-refractivity contribution in [2.24, 2.45) is 0 Å². The molecule has 0 saturated carbocycles. The minimum atomic E-state index is 0.439. The van der Waals surface area contributed by atoms with Gasteiger partial charge in [-0.25, -0.2) is 4.98 Å². The SMILES string of the molecule is CCNC1CCCc2sc(N(C)c3cccc(C)c3)nc21. The van der Waals surface area contributed by atoms with Crippen molar-refractivity contribution in [1.29, 1.82) is 0 Å². The van der Waals surface area contributed by atoms with Crippen LogP contribution in [-0.2, 0) is 6.42 Å². The Morgan fingerprint density at radius 3 is 3.05 bits per heavy atom. The van der Waals surface area contributed by atoms with Crippen molar-refractivity contribution in [2.75, 3.05) is 18.5 Å². The Bertz CT molecular complexity index is 620. The number of thiazole rings is 1. The van der Waals surface area contributed by atoms with E-state index in [2.05, 4.69) is 55.4 Å². The summed E-state index contributed by atoms with van der Waals surface area (Å²) in [4.78, 5) is 8.61. The van der Waals surface area contributed by atoms with Crippen LogP contribution >= 0.6 is 11.3 Å². The van der Waals surface area contributed by atoms with E-state index in [-0.39, 0.29) is 0 Å². The molecule has 1 heterocycles. The highest BCUT2D eigenvalue weighted by Crippen LogP contribution is 2.38. The summed E-state index contributed by atoms with van der Waals surface area (Å²) in [5, 5.41) is 4.67. The van der Waals surface area contributed by atoms with Crippen LogP contribution in [0.4, 0.5) is 10.8 Å². The highest BCUT2D eigenvalue weighted by atomic mass is 32.1. The number of aromatic nitrogens is 1. The Balaban J connectivity index is 1.90. The Labute approximate surface area is 131 Å². The second-order valence-electron chi connectivity index (χ2n) is 5.71. The Kier molecular flexibility index (Phi) is 4.27. The van der Waals surface area contributed by atoms with E-state index in [9.17, 15) is 0 Å². The normalized spacial score (nSPS) is 17.6. The molecule has 4 heteroatoms. The molecule has 1 aromatic carbocycles. The van der Waals surface area contributed by atoms with Crippen LogP contribution in [0.1, 0.15) is 41.9 Å². The van der Waals surface area contributed by atoms with Gasteiger partial charge in [-0.3, -0.25) is 0 Å². The molecule has 0 saturated heterocycles. The van der Waals surface area contributed by atoms with Gasteiger partial charge in [0.25, 0.3) is 0 Å². The van der Waals surface area contributed by atoms with E-state index in [1.54, 1.807) is 0 Å². The molecule has 112 valence electrons. The van der Waals surface area contributed by atoms with Gasteiger partial charge in [0.1, 0.15) is 0 Å². The van der Waals surface area contributed by atoms with Crippen LogP contribution in [0.5, 0.6) is 0 Å². The van der Waals surface area contributed by atoms with Gasteiger partial charge < -0.3 is 10.2 Å². The standard InChI is InChI=1S/C17H23N3S/c1-4-18-14-9-6-10-15-16(14)19-17(21-15)20(3)13-8-5-7-12(2)11-13/h5,7-8,11,14,18H,4,6,9-10H2,1-3H3. The monoisotopic (exact) mass is 301 g/mol. The summed E-state index contributed by atoms with van der Waals surface area (Å²) in [7, 11) is 2.11. The number of nitrogens with one attached hydrogen (secondary N) is 1. The zero-order valence-electron chi connectivity index (χ0n) is 13.0. The van der Waals surface area contributed by atoms with Gasteiger partial charge in [0.15, 0.2) is 5.13 Å². The van der Waals surface area contributed by atoms with Crippen molar-refractivity contribution >= 4 is 22.2 Å². The van der Waals surface area contributed by atoms with E-state index in [0.29, 0.717) is 6.04 Å². The summed E-state index contributed by atoms with van der Waals surface area (Å²) in [6.45, 7) is 5.30. The largest absolute Gasteiger partial charge is 0.321 e. The first-order valence-corrected chi connectivity index (χ1v) is 8.54.